The van der Waals surface area contributed by atoms with Gasteiger partial charge in [-0.3, -0.25) is 0 Å². The summed E-state index contributed by atoms with van der Waals surface area (Å²) in [5.74, 6) is 2.53. The number of rotatable bonds is 0. The van der Waals surface area contributed by atoms with Crippen molar-refractivity contribution < 1.29 is 5.11 Å². The summed E-state index contributed by atoms with van der Waals surface area (Å²) in [6.07, 6.45) is 0. The van der Waals surface area contributed by atoms with E-state index in [9.17, 15) is 0 Å². The molecule has 9 heavy (non-hydrogen) atoms. The summed E-state index contributed by atoms with van der Waals surface area (Å²) in [6, 6.07) is 0. The lowest BCUT2D eigenvalue weighted by molar-refractivity contribution is 0.441. The lowest BCUT2D eigenvalue weighted by atomic mass is 10.6. The minimum absolute atomic E-state index is 0.0302. The molecule has 0 aromatic heterocycles. The zero-order valence-corrected chi connectivity index (χ0v) is 7.15. The molecular formula is C7H12OSi. The molecule has 0 spiro atoms. The minimum atomic E-state index is -1.30. The van der Waals surface area contributed by atoms with E-state index in [1.807, 2.05) is 0 Å². The smallest absolute Gasteiger partial charge is 0.159 e. The molecule has 0 aromatic carbocycles. The van der Waals surface area contributed by atoms with Crippen molar-refractivity contribution >= 4 is 8.07 Å². The topological polar surface area (TPSA) is 20.2 Å². The predicted octanol–water partition coefficient (Wildman–Crippen LogP) is 1.94. The maximum atomic E-state index is 8.57. The van der Waals surface area contributed by atoms with Gasteiger partial charge in [-0.25, -0.2) is 0 Å². The highest BCUT2D eigenvalue weighted by atomic mass is 28.3. The maximum Gasteiger partial charge on any atom is 0.159 e. The van der Waals surface area contributed by atoms with Crippen molar-refractivity contribution in [2.75, 3.05) is 0 Å². The number of hydrogen-bond acceptors (Lipinski definition) is 1. The van der Waals surface area contributed by atoms with Gasteiger partial charge in [-0.15, -0.1) is 5.54 Å². The second-order valence-electron chi connectivity index (χ2n) is 2.95. The minimum Gasteiger partial charge on any atom is -0.501 e. The summed E-state index contributed by atoms with van der Waals surface area (Å²) >= 11 is 0. The van der Waals surface area contributed by atoms with Crippen LogP contribution >= 0.6 is 0 Å². The van der Waals surface area contributed by atoms with E-state index in [1.54, 1.807) is 0 Å². The van der Waals surface area contributed by atoms with Gasteiger partial charge in [0.15, 0.2) is 5.76 Å². The van der Waals surface area contributed by atoms with Crippen LogP contribution in [0.3, 0.4) is 0 Å². The highest BCUT2D eigenvalue weighted by molar-refractivity contribution is 6.83. The molecule has 0 atom stereocenters. The lowest BCUT2D eigenvalue weighted by Crippen LogP contribution is -2.16. The Labute approximate surface area is 57.4 Å². The molecule has 1 N–H and O–H groups in total. The fourth-order valence-electron chi connectivity index (χ4n) is 0.260. The van der Waals surface area contributed by atoms with Gasteiger partial charge >= 0.3 is 0 Å². The van der Waals surface area contributed by atoms with E-state index in [4.69, 9.17) is 5.11 Å². The summed E-state index contributed by atoms with van der Waals surface area (Å²) in [5, 5.41) is 8.57. The van der Waals surface area contributed by atoms with E-state index in [1.165, 1.54) is 0 Å². The monoisotopic (exact) mass is 140 g/mol. The molecule has 0 saturated carbocycles. The summed E-state index contributed by atoms with van der Waals surface area (Å²) in [7, 11) is -1.30. The molecule has 0 amide bonds. The van der Waals surface area contributed by atoms with Gasteiger partial charge in [0.2, 0.25) is 0 Å². The molecule has 0 unspecified atom stereocenters. The fourth-order valence-corrected chi connectivity index (χ4v) is 0.779. The Morgan fingerprint density at radius 2 is 1.89 bits per heavy atom. The van der Waals surface area contributed by atoms with Crippen LogP contribution in [-0.2, 0) is 0 Å². The molecule has 2 heteroatoms. The van der Waals surface area contributed by atoms with Gasteiger partial charge in [0.25, 0.3) is 0 Å². The third-order valence-corrected chi connectivity index (χ3v) is 1.46. The van der Waals surface area contributed by atoms with Crippen LogP contribution in [0.25, 0.3) is 0 Å². The molecule has 0 fully saturated rings. The zero-order valence-electron chi connectivity index (χ0n) is 6.15. The summed E-state index contributed by atoms with van der Waals surface area (Å²) in [4.78, 5) is 0. The number of aliphatic hydroxyl groups is 1. The second kappa shape index (κ2) is 2.74. The Hall–Kier alpha value is -0.683. The molecule has 0 bridgehead atoms. The first-order valence-electron chi connectivity index (χ1n) is 2.83. The third-order valence-electron chi connectivity index (χ3n) is 0.582. The van der Waals surface area contributed by atoms with E-state index in [0.717, 1.165) is 0 Å². The lowest BCUT2D eigenvalue weighted by Gasteiger charge is -2.02. The van der Waals surface area contributed by atoms with Crippen LogP contribution in [0.5, 0.6) is 0 Å². The molecule has 0 aliphatic carbocycles. The van der Waals surface area contributed by atoms with Crippen molar-refractivity contribution in [3.8, 4) is 11.5 Å². The van der Waals surface area contributed by atoms with Crippen LogP contribution < -0.4 is 0 Å². The first kappa shape index (κ1) is 8.32. The summed E-state index contributed by atoms with van der Waals surface area (Å²) in [5.41, 5.74) is 2.96. The van der Waals surface area contributed by atoms with Gasteiger partial charge in [-0.05, 0) is 12.5 Å². The molecule has 0 aliphatic heterocycles. The van der Waals surface area contributed by atoms with E-state index >= 15 is 0 Å². The largest absolute Gasteiger partial charge is 0.501 e. The van der Waals surface area contributed by atoms with Gasteiger partial charge in [-0.2, -0.15) is 0 Å². The van der Waals surface area contributed by atoms with Gasteiger partial charge in [-0.1, -0.05) is 19.6 Å². The van der Waals surface area contributed by atoms with Gasteiger partial charge in [0, 0.05) is 0 Å². The highest BCUT2D eigenvalue weighted by Crippen LogP contribution is 1.96. The number of allylic oxidation sites excluding steroid dienone is 1. The van der Waals surface area contributed by atoms with E-state index < -0.39 is 8.07 Å². The molecule has 0 rings (SSSR count). The SMILES string of the molecule is C=C(O)C#C[Si](C)(C)C. The Morgan fingerprint density at radius 1 is 1.44 bits per heavy atom. The van der Waals surface area contributed by atoms with E-state index in [0.29, 0.717) is 0 Å². The molecular weight excluding hydrogens is 128 g/mol. The van der Waals surface area contributed by atoms with Gasteiger partial charge in [0.05, 0.1) is 0 Å². The molecule has 0 radical (unpaired) electrons. The average molecular weight is 140 g/mol. The molecule has 0 saturated heterocycles. The fraction of sp³-hybridized carbons (Fsp3) is 0.429. The van der Waals surface area contributed by atoms with Gasteiger partial charge < -0.3 is 5.11 Å². The standard InChI is InChI=1S/C7H12OSi/c1-7(8)5-6-9(2,3)4/h8H,1H2,2-4H3. The van der Waals surface area contributed by atoms with Crippen LogP contribution in [0.2, 0.25) is 19.6 Å². The average Bonchev–Trinajstić information content (AvgIpc) is 1.59. The van der Waals surface area contributed by atoms with Crippen LogP contribution in [0, 0.1) is 11.5 Å². The van der Waals surface area contributed by atoms with Crippen LogP contribution in [0.4, 0.5) is 0 Å². The Balaban J connectivity index is 4.04. The Kier molecular flexibility index (Phi) is 2.53. The van der Waals surface area contributed by atoms with Crippen molar-refractivity contribution in [2.24, 2.45) is 0 Å². The van der Waals surface area contributed by atoms with Crippen LogP contribution in [-0.4, -0.2) is 13.2 Å². The van der Waals surface area contributed by atoms with Crippen LogP contribution in [0.1, 0.15) is 0 Å². The molecule has 1 nitrogen and oxygen atoms in total. The Bertz CT molecular complexity index is 166. The molecule has 0 aliphatic rings. The van der Waals surface area contributed by atoms with Gasteiger partial charge in [0.1, 0.15) is 8.07 Å². The first-order valence-corrected chi connectivity index (χ1v) is 6.33. The normalized spacial score (nSPS) is 9.67. The number of aliphatic hydroxyl groups excluding tert-OH is 1. The molecule has 0 heterocycles. The van der Waals surface area contributed by atoms with E-state index in [2.05, 4.69) is 37.7 Å². The molecule has 50 valence electrons. The summed E-state index contributed by atoms with van der Waals surface area (Å²) < 4.78 is 0. The predicted molar refractivity (Wildman–Crippen MR) is 42.9 cm³/mol. The second-order valence-corrected chi connectivity index (χ2v) is 7.70. The van der Waals surface area contributed by atoms with Crippen LogP contribution in [0.15, 0.2) is 12.3 Å². The quantitative estimate of drug-likeness (QED) is 0.310. The maximum absolute atomic E-state index is 8.57. The first-order chi connectivity index (χ1) is 3.92. The number of hydrogen-bond donors (Lipinski definition) is 1. The summed E-state index contributed by atoms with van der Waals surface area (Å²) in [6.45, 7) is 9.60. The highest BCUT2D eigenvalue weighted by Gasteiger charge is 2.06. The van der Waals surface area contributed by atoms with Crippen molar-refractivity contribution in [3.05, 3.63) is 12.3 Å². The zero-order chi connectivity index (χ0) is 7.49. The van der Waals surface area contributed by atoms with Crippen molar-refractivity contribution in [1.29, 1.82) is 0 Å². The third kappa shape index (κ3) is 7.32. The van der Waals surface area contributed by atoms with E-state index in [-0.39, 0.29) is 5.76 Å². The van der Waals surface area contributed by atoms with Crippen molar-refractivity contribution in [3.63, 3.8) is 0 Å². The van der Waals surface area contributed by atoms with Crippen molar-refractivity contribution in [2.45, 2.75) is 19.6 Å². The molecule has 0 aromatic rings. The van der Waals surface area contributed by atoms with Crippen molar-refractivity contribution in [1.82, 2.24) is 0 Å². The Morgan fingerprint density at radius 3 is 2.00 bits per heavy atom.